The molecule has 132 valence electrons. The number of hydrogen-bond donors (Lipinski definition) is 1. The van der Waals surface area contributed by atoms with Crippen LogP contribution in [0.25, 0.3) is 6.08 Å². The molecule has 8 heteroatoms. The van der Waals surface area contributed by atoms with Crippen LogP contribution in [0.2, 0.25) is 5.02 Å². The van der Waals surface area contributed by atoms with Crippen LogP contribution in [0.4, 0.5) is 13.2 Å². The summed E-state index contributed by atoms with van der Waals surface area (Å²) in [4.78, 5) is 11.1. The minimum atomic E-state index is -4.83. The predicted molar refractivity (Wildman–Crippen MR) is 87.9 cm³/mol. The number of halogens is 4. The van der Waals surface area contributed by atoms with Crippen molar-refractivity contribution in [2.24, 2.45) is 0 Å². The molecule has 0 unspecified atom stereocenters. The van der Waals surface area contributed by atoms with Gasteiger partial charge in [0.1, 0.15) is 5.75 Å². The Morgan fingerprint density at radius 3 is 2.46 bits per heavy atom. The van der Waals surface area contributed by atoms with E-state index in [1.54, 1.807) is 0 Å². The average Bonchev–Trinajstić information content (AvgIpc) is 2.54. The number of carboxylic acid groups (broad SMARTS) is 1. The molecule has 1 atom stereocenters. The van der Waals surface area contributed by atoms with Gasteiger partial charge in [0.2, 0.25) is 6.10 Å². The summed E-state index contributed by atoms with van der Waals surface area (Å²) in [5, 5.41) is 9.37. The summed E-state index contributed by atoms with van der Waals surface area (Å²) >= 11 is 6.21. The quantitative estimate of drug-likeness (QED) is 0.811. The Morgan fingerprint density at radius 1 is 1.23 bits per heavy atom. The number of alkyl halides is 3. The number of ether oxygens (including phenoxy) is 1. The van der Waals surface area contributed by atoms with Gasteiger partial charge in [-0.05, 0) is 35.8 Å². The third kappa shape index (κ3) is 4.43. The summed E-state index contributed by atoms with van der Waals surface area (Å²) in [6.07, 6.45) is -5.97. The summed E-state index contributed by atoms with van der Waals surface area (Å²) in [5.74, 6) is -1.72. The average molecular weight is 393 g/mol. The van der Waals surface area contributed by atoms with E-state index in [2.05, 4.69) is 0 Å². The molecule has 0 aliphatic carbocycles. The fourth-order valence-corrected chi connectivity index (χ4v) is 2.87. The van der Waals surface area contributed by atoms with E-state index in [0.717, 1.165) is 11.6 Å². The van der Waals surface area contributed by atoms with Crippen molar-refractivity contribution in [1.82, 2.24) is 0 Å². The first kappa shape index (κ1) is 20.8. The summed E-state index contributed by atoms with van der Waals surface area (Å²) in [5.41, 5.74) is 0.876. The van der Waals surface area contributed by atoms with E-state index in [-0.39, 0.29) is 42.3 Å². The van der Waals surface area contributed by atoms with Crippen molar-refractivity contribution in [3.63, 3.8) is 0 Å². The van der Waals surface area contributed by atoms with E-state index in [0.29, 0.717) is 17.0 Å². The van der Waals surface area contributed by atoms with E-state index in [4.69, 9.17) is 21.4 Å². The Morgan fingerprint density at radius 2 is 1.88 bits per heavy atom. The number of rotatable bonds is 3. The van der Waals surface area contributed by atoms with Gasteiger partial charge in [0.15, 0.2) is 0 Å². The van der Waals surface area contributed by atoms with Crippen LogP contribution in [-0.2, 0) is 11.2 Å². The van der Waals surface area contributed by atoms with E-state index in [9.17, 15) is 18.0 Å². The van der Waals surface area contributed by atoms with Crippen LogP contribution in [-0.4, -0.2) is 23.4 Å². The second-order valence-corrected chi connectivity index (χ2v) is 6.00. The van der Waals surface area contributed by atoms with Gasteiger partial charge in [-0.2, -0.15) is 13.2 Å². The van der Waals surface area contributed by atoms with Gasteiger partial charge < -0.3 is 11.3 Å². The van der Waals surface area contributed by atoms with Crippen molar-refractivity contribution >= 4 is 23.6 Å². The molecule has 1 aliphatic rings. The van der Waals surface area contributed by atoms with Crippen LogP contribution in [0.5, 0.6) is 5.75 Å². The number of benzene rings is 2. The Labute approximate surface area is 176 Å². The maximum absolute atomic E-state index is 13.1. The van der Waals surface area contributed by atoms with Crippen LogP contribution < -0.4 is 34.3 Å². The van der Waals surface area contributed by atoms with Crippen LogP contribution in [0.1, 0.15) is 18.1 Å². The third-order valence-corrected chi connectivity index (χ3v) is 4.15. The molecule has 0 amide bonds. The molecule has 0 spiro atoms. The molecule has 26 heavy (non-hydrogen) atoms. The molecule has 3 rings (SSSR count). The van der Waals surface area contributed by atoms with Crippen LogP contribution in [0.15, 0.2) is 48.0 Å². The van der Waals surface area contributed by atoms with Gasteiger partial charge >= 0.3 is 41.7 Å². The summed E-state index contributed by atoms with van der Waals surface area (Å²) in [6.45, 7) is 0. The zero-order valence-corrected chi connectivity index (χ0v) is 16.4. The van der Waals surface area contributed by atoms with Crippen molar-refractivity contribution in [3.05, 3.63) is 69.8 Å². The van der Waals surface area contributed by atoms with E-state index < -0.39 is 23.8 Å². The van der Waals surface area contributed by atoms with Gasteiger partial charge in [-0.1, -0.05) is 41.9 Å². The van der Waals surface area contributed by atoms with Gasteiger partial charge in [0.25, 0.3) is 0 Å². The van der Waals surface area contributed by atoms with Crippen molar-refractivity contribution in [1.29, 1.82) is 0 Å². The fourth-order valence-electron chi connectivity index (χ4n) is 2.63. The number of fused-ring (bicyclic) bond motifs is 1. The maximum atomic E-state index is 13.1. The van der Waals surface area contributed by atoms with Crippen molar-refractivity contribution < 1.29 is 58.8 Å². The molecule has 0 aromatic heterocycles. The fraction of sp³-hybridized carbons (Fsp3) is 0.167. The first-order valence-corrected chi connectivity index (χ1v) is 7.68. The topological polar surface area (TPSA) is 46.5 Å². The van der Waals surface area contributed by atoms with Gasteiger partial charge in [-0.3, -0.25) is 0 Å². The van der Waals surface area contributed by atoms with Gasteiger partial charge in [0.05, 0.1) is 5.57 Å². The third-order valence-electron chi connectivity index (χ3n) is 3.80. The molecule has 0 bridgehead atoms. The SMILES string of the molecule is O=C(O)C1=Cc2cc(Cl)c(Cc3ccccc3)cc2O[C@H]1C(F)(F)F.[H-].[Na+]. The molecule has 0 saturated heterocycles. The normalized spacial score (nSPS) is 16.0. The molecule has 1 heterocycles. The molecule has 3 nitrogen and oxygen atoms in total. The zero-order valence-electron chi connectivity index (χ0n) is 14.7. The molecular weight excluding hydrogens is 380 g/mol. The van der Waals surface area contributed by atoms with E-state index >= 15 is 0 Å². The Kier molecular flexibility index (Phi) is 6.45. The smallest absolute Gasteiger partial charge is 1.00 e. The molecule has 2 aromatic rings. The minimum Gasteiger partial charge on any atom is -1.00 e. The molecule has 0 radical (unpaired) electrons. The number of hydrogen-bond acceptors (Lipinski definition) is 2. The zero-order chi connectivity index (χ0) is 18.2. The molecule has 1 aliphatic heterocycles. The second-order valence-electron chi connectivity index (χ2n) is 5.59. The van der Waals surface area contributed by atoms with Gasteiger partial charge in [-0.15, -0.1) is 0 Å². The van der Waals surface area contributed by atoms with Gasteiger partial charge in [-0.25, -0.2) is 4.79 Å². The van der Waals surface area contributed by atoms with Crippen molar-refractivity contribution in [2.75, 3.05) is 0 Å². The monoisotopic (exact) mass is 392 g/mol. The van der Waals surface area contributed by atoms with Crippen molar-refractivity contribution in [3.8, 4) is 5.75 Å². The van der Waals surface area contributed by atoms with Crippen LogP contribution >= 0.6 is 11.6 Å². The number of aliphatic carboxylic acids is 1. The molecular formula is C18H13ClF3NaO3. The molecule has 0 fully saturated rings. The number of carboxylic acids is 1. The molecule has 1 N–H and O–H groups in total. The first-order valence-electron chi connectivity index (χ1n) is 7.30. The summed E-state index contributed by atoms with van der Waals surface area (Å²) in [7, 11) is 0. The summed E-state index contributed by atoms with van der Waals surface area (Å²) < 4.78 is 44.3. The molecule has 0 saturated carbocycles. The minimum absolute atomic E-state index is 0. The van der Waals surface area contributed by atoms with Crippen molar-refractivity contribution in [2.45, 2.75) is 18.7 Å². The Hall–Kier alpha value is -1.47. The second kappa shape index (κ2) is 8.05. The Bertz CT molecular complexity index is 857. The van der Waals surface area contributed by atoms with Crippen LogP contribution in [0, 0.1) is 0 Å². The maximum Gasteiger partial charge on any atom is 1.00 e. The van der Waals surface area contributed by atoms with E-state index in [1.807, 2.05) is 30.3 Å². The first-order chi connectivity index (χ1) is 11.8. The van der Waals surface area contributed by atoms with Crippen LogP contribution in [0.3, 0.4) is 0 Å². The largest absolute Gasteiger partial charge is 1.00 e. The molecule has 2 aromatic carbocycles. The predicted octanol–water partition coefficient (Wildman–Crippen LogP) is 1.84. The van der Waals surface area contributed by atoms with E-state index in [1.165, 1.54) is 12.1 Å². The standard InChI is InChI=1S/C18H12ClF3O3.Na.H/c19-14-8-12-7-13(17(23)24)16(18(20,21)22)25-15(12)9-11(14)6-10-4-2-1-3-5-10;;/h1-5,7-9,16H,6H2,(H,23,24);;/q;+1;-1/t16-;;/m1../s1. The number of carbonyl (C=O) groups is 1. The Balaban J connectivity index is 0.00000182. The summed E-state index contributed by atoms with van der Waals surface area (Å²) in [6, 6.07) is 12.1. The van der Waals surface area contributed by atoms with Gasteiger partial charge in [0, 0.05) is 10.6 Å².